The number of nitrogens with one attached hydrogen (secondary N) is 1. The Morgan fingerprint density at radius 2 is 2.09 bits per heavy atom. The maximum atomic E-state index is 12.4. The smallest absolute Gasteiger partial charge is 0.344 e. The van der Waals surface area contributed by atoms with Crippen LogP contribution in [0.3, 0.4) is 0 Å². The maximum Gasteiger partial charge on any atom is 0.406 e. The lowest BCUT2D eigenvalue weighted by Crippen LogP contribution is -2.55. The first-order chi connectivity index (χ1) is 10.1. The molecule has 3 atom stereocenters. The SMILES string of the molecule is CC1(N)CCCCC1C(=O)NC1CCN(CC(F)(F)F)C1=O. The van der Waals surface area contributed by atoms with E-state index in [1.165, 1.54) is 0 Å². The summed E-state index contributed by atoms with van der Waals surface area (Å²) < 4.78 is 37.1. The van der Waals surface area contributed by atoms with Crippen molar-refractivity contribution < 1.29 is 22.8 Å². The molecule has 0 radical (unpaired) electrons. The summed E-state index contributed by atoms with van der Waals surface area (Å²) >= 11 is 0. The molecule has 2 fully saturated rings. The van der Waals surface area contributed by atoms with E-state index in [4.69, 9.17) is 5.73 Å². The fourth-order valence-electron chi connectivity index (χ4n) is 3.31. The number of rotatable bonds is 3. The normalized spacial score (nSPS) is 33.1. The lowest BCUT2D eigenvalue weighted by atomic mass is 9.74. The summed E-state index contributed by atoms with van der Waals surface area (Å²) in [6.45, 7) is 0.549. The maximum absolute atomic E-state index is 12.4. The zero-order chi connectivity index (χ0) is 16.5. The van der Waals surface area contributed by atoms with Crippen LogP contribution in [0.2, 0.25) is 0 Å². The summed E-state index contributed by atoms with van der Waals surface area (Å²) in [5.74, 6) is -1.39. The van der Waals surface area contributed by atoms with E-state index in [1.807, 2.05) is 6.92 Å². The van der Waals surface area contributed by atoms with Gasteiger partial charge in [0.2, 0.25) is 11.8 Å². The van der Waals surface area contributed by atoms with Crippen LogP contribution in [0.5, 0.6) is 0 Å². The summed E-state index contributed by atoms with van der Waals surface area (Å²) in [4.78, 5) is 25.0. The standard InChI is InChI=1S/C14H22F3N3O2/c1-13(18)6-3-2-4-9(13)11(21)19-10-5-7-20(12(10)22)8-14(15,16)17/h9-10H,2-8,18H2,1H3,(H,19,21). The van der Waals surface area contributed by atoms with Gasteiger partial charge in [-0.1, -0.05) is 12.8 Å². The van der Waals surface area contributed by atoms with Crippen molar-refractivity contribution in [2.24, 2.45) is 11.7 Å². The first-order valence-electron chi connectivity index (χ1n) is 7.55. The second kappa shape index (κ2) is 6.06. The predicted octanol–water partition coefficient (Wildman–Crippen LogP) is 1.17. The Bertz CT molecular complexity index is 451. The number of nitrogens with zero attached hydrogens (tertiary/aromatic N) is 1. The second-order valence-electron chi connectivity index (χ2n) is 6.53. The topological polar surface area (TPSA) is 75.4 Å². The van der Waals surface area contributed by atoms with Gasteiger partial charge in [0, 0.05) is 12.1 Å². The quantitative estimate of drug-likeness (QED) is 0.819. The van der Waals surface area contributed by atoms with Crippen LogP contribution in [0.4, 0.5) is 13.2 Å². The second-order valence-corrected chi connectivity index (χ2v) is 6.53. The van der Waals surface area contributed by atoms with Crippen LogP contribution in [0.1, 0.15) is 39.0 Å². The van der Waals surface area contributed by atoms with E-state index < -0.39 is 36.1 Å². The molecule has 1 saturated carbocycles. The summed E-state index contributed by atoms with van der Waals surface area (Å²) in [6, 6.07) is -0.868. The van der Waals surface area contributed by atoms with E-state index in [9.17, 15) is 22.8 Å². The number of carbonyl (C=O) groups is 2. The summed E-state index contributed by atoms with van der Waals surface area (Å²) in [5.41, 5.74) is 5.51. The van der Waals surface area contributed by atoms with Gasteiger partial charge >= 0.3 is 6.18 Å². The van der Waals surface area contributed by atoms with Gasteiger partial charge in [0.05, 0.1) is 5.92 Å². The van der Waals surface area contributed by atoms with Crippen molar-refractivity contribution in [3.05, 3.63) is 0 Å². The Hall–Kier alpha value is -1.31. The van der Waals surface area contributed by atoms with Crippen molar-refractivity contribution in [1.29, 1.82) is 0 Å². The molecular formula is C14H22F3N3O2. The van der Waals surface area contributed by atoms with Crippen LogP contribution in [0, 0.1) is 5.92 Å². The van der Waals surface area contributed by atoms with Crippen LogP contribution < -0.4 is 11.1 Å². The van der Waals surface area contributed by atoms with E-state index in [0.717, 1.165) is 24.2 Å². The molecule has 1 heterocycles. The first kappa shape index (κ1) is 17.1. The molecule has 1 saturated heterocycles. The van der Waals surface area contributed by atoms with E-state index in [1.54, 1.807) is 0 Å². The average Bonchev–Trinajstić information content (AvgIpc) is 2.69. The van der Waals surface area contributed by atoms with Gasteiger partial charge in [0.1, 0.15) is 12.6 Å². The Morgan fingerprint density at radius 1 is 1.41 bits per heavy atom. The number of halogens is 3. The monoisotopic (exact) mass is 321 g/mol. The Labute approximate surface area is 127 Å². The van der Waals surface area contributed by atoms with Crippen LogP contribution in [0.25, 0.3) is 0 Å². The molecule has 2 rings (SSSR count). The zero-order valence-corrected chi connectivity index (χ0v) is 12.6. The molecule has 5 nitrogen and oxygen atoms in total. The van der Waals surface area contributed by atoms with Gasteiger partial charge in [-0.05, 0) is 26.2 Å². The number of amides is 2. The molecule has 0 bridgehead atoms. The van der Waals surface area contributed by atoms with Gasteiger partial charge in [0.25, 0.3) is 0 Å². The number of likely N-dealkylation sites (tertiary alicyclic amines) is 1. The first-order valence-corrected chi connectivity index (χ1v) is 7.55. The van der Waals surface area contributed by atoms with Crippen molar-refractivity contribution in [3.63, 3.8) is 0 Å². The van der Waals surface area contributed by atoms with Crippen LogP contribution in [0.15, 0.2) is 0 Å². The molecule has 3 unspecified atom stereocenters. The van der Waals surface area contributed by atoms with Gasteiger partial charge in [-0.2, -0.15) is 13.2 Å². The van der Waals surface area contributed by atoms with Gasteiger partial charge in [-0.3, -0.25) is 9.59 Å². The molecule has 0 aromatic carbocycles. The molecule has 3 N–H and O–H groups in total. The molecular weight excluding hydrogens is 299 g/mol. The fourth-order valence-corrected chi connectivity index (χ4v) is 3.31. The Kier molecular flexibility index (Phi) is 4.70. The average molecular weight is 321 g/mol. The fraction of sp³-hybridized carbons (Fsp3) is 0.857. The molecule has 2 aliphatic rings. The van der Waals surface area contributed by atoms with Gasteiger partial charge in [-0.25, -0.2) is 0 Å². The molecule has 1 aliphatic carbocycles. The molecule has 0 spiro atoms. The zero-order valence-electron chi connectivity index (χ0n) is 12.6. The third kappa shape index (κ3) is 3.91. The molecule has 0 aromatic rings. The van der Waals surface area contributed by atoms with E-state index >= 15 is 0 Å². The summed E-state index contributed by atoms with van der Waals surface area (Å²) in [6.07, 6.45) is -0.999. The number of nitrogens with two attached hydrogens (primary N) is 1. The number of alkyl halides is 3. The van der Waals surface area contributed by atoms with Crippen molar-refractivity contribution in [3.8, 4) is 0 Å². The van der Waals surface area contributed by atoms with Crippen molar-refractivity contribution >= 4 is 11.8 Å². The van der Waals surface area contributed by atoms with Gasteiger partial charge < -0.3 is 16.0 Å². The van der Waals surface area contributed by atoms with Crippen LogP contribution >= 0.6 is 0 Å². The molecule has 1 aliphatic heterocycles. The minimum atomic E-state index is -4.42. The third-order valence-electron chi connectivity index (χ3n) is 4.55. The minimum Gasteiger partial charge on any atom is -0.344 e. The van der Waals surface area contributed by atoms with E-state index in [-0.39, 0.29) is 18.9 Å². The highest BCUT2D eigenvalue weighted by Crippen LogP contribution is 2.32. The predicted molar refractivity (Wildman–Crippen MR) is 73.7 cm³/mol. The van der Waals surface area contributed by atoms with Crippen LogP contribution in [-0.2, 0) is 9.59 Å². The van der Waals surface area contributed by atoms with Crippen molar-refractivity contribution in [2.75, 3.05) is 13.1 Å². The number of carbonyl (C=O) groups excluding carboxylic acids is 2. The van der Waals surface area contributed by atoms with Gasteiger partial charge in [-0.15, -0.1) is 0 Å². The van der Waals surface area contributed by atoms with Crippen molar-refractivity contribution in [2.45, 2.75) is 56.8 Å². The van der Waals surface area contributed by atoms with E-state index in [0.29, 0.717) is 6.42 Å². The third-order valence-corrected chi connectivity index (χ3v) is 4.55. The molecule has 126 valence electrons. The number of hydrogen-bond acceptors (Lipinski definition) is 3. The Balaban J connectivity index is 1.94. The highest BCUT2D eigenvalue weighted by Gasteiger charge is 2.42. The van der Waals surface area contributed by atoms with Gasteiger partial charge in [0.15, 0.2) is 0 Å². The largest absolute Gasteiger partial charge is 0.406 e. The molecule has 0 aromatic heterocycles. The minimum absolute atomic E-state index is 0.00779. The lowest BCUT2D eigenvalue weighted by molar-refractivity contribution is -0.158. The lowest BCUT2D eigenvalue weighted by Gasteiger charge is -2.37. The van der Waals surface area contributed by atoms with Crippen molar-refractivity contribution in [1.82, 2.24) is 10.2 Å². The number of hydrogen-bond donors (Lipinski definition) is 2. The highest BCUT2D eigenvalue weighted by atomic mass is 19.4. The molecule has 8 heteroatoms. The summed E-state index contributed by atoms with van der Waals surface area (Å²) in [5, 5.41) is 2.59. The summed E-state index contributed by atoms with van der Waals surface area (Å²) in [7, 11) is 0. The molecule has 2 amide bonds. The Morgan fingerprint density at radius 3 is 2.68 bits per heavy atom. The van der Waals surface area contributed by atoms with E-state index in [2.05, 4.69) is 5.32 Å². The van der Waals surface area contributed by atoms with Crippen LogP contribution in [-0.4, -0.2) is 47.6 Å². The highest BCUT2D eigenvalue weighted by molar-refractivity contribution is 5.90. The molecule has 22 heavy (non-hydrogen) atoms.